The Labute approximate surface area is 131 Å². The van der Waals surface area contributed by atoms with Crippen LogP contribution < -0.4 is 0 Å². The Bertz CT molecular complexity index is 627. The van der Waals surface area contributed by atoms with Gasteiger partial charge >= 0.3 is 5.97 Å². The Hall–Kier alpha value is -2.13. The monoisotopic (exact) mass is 298 g/mol. The molecule has 3 nitrogen and oxygen atoms in total. The molecule has 0 spiro atoms. The van der Waals surface area contributed by atoms with Gasteiger partial charge in [-0.2, -0.15) is 0 Å². The van der Waals surface area contributed by atoms with Crippen molar-refractivity contribution in [2.45, 2.75) is 32.3 Å². The summed E-state index contributed by atoms with van der Waals surface area (Å²) in [5.74, 6) is -1.55. The van der Waals surface area contributed by atoms with Gasteiger partial charge in [-0.05, 0) is 37.5 Å². The minimum atomic E-state index is -0.868. The fourth-order valence-corrected chi connectivity index (χ4v) is 2.31. The normalized spacial score (nSPS) is 12.9. The van der Waals surface area contributed by atoms with Crippen molar-refractivity contribution in [1.82, 2.24) is 0 Å². The van der Waals surface area contributed by atoms with Gasteiger partial charge in [0.05, 0.1) is 12.2 Å². The molecule has 1 N–H and O–H groups in total. The molecule has 116 valence electrons. The van der Waals surface area contributed by atoms with E-state index in [9.17, 15) is 9.90 Å². The molecule has 1 unspecified atom stereocenters. The molecule has 0 amide bonds. The van der Waals surface area contributed by atoms with Crippen LogP contribution in [0.2, 0.25) is 0 Å². The maximum Gasteiger partial charge on any atom is 0.313 e. The summed E-state index contributed by atoms with van der Waals surface area (Å²) >= 11 is 0. The number of benzene rings is 2. The summed E-state index contributed by atoms with van der Waals surface area (Å²) in [6.45, 7) is 5.93. The maximum atomic E-state index is 11.7. The molecule has 2 rings (SSSR count). The van der Waals surface area contributed by atoms with Gasteiger partial charge < -0.3 is 9.84 Å². The molecule has 0 aliphatic heterocycles. The van der Waals surface area contributed by atoms with Gasteiger partial charge in [0.1, 0.15) is 5.92 Å². The number of carboxylic acid groups (broad SMARTS) is 1. The van der Waals surface area contributed by atoms with Crippen molar-refractivity contribution in [2.75, 3.05) is 6.61 Å². The fourth-order valence-electron chi connectivity index (χ4n) is 2.31. The lowest BCUT2D eigenvalue weighted by Gasteiger charge is -2.24. The standard InChI is InChI=1S/C19H22O3/c1-19(2,3)22-13-17(18(20)21)16-12-8-7-11-15(16)14-9-5-4-6-10-14/h4-12,17H,13H2,1-3H3,(H,20,21). The average molecular weight is 298 g/mol. The quantitative estimate of drug-likeness (QED) is 0.893. The van der Waals surface area contributed by atoms with Crippen molar-refractivity contribution in [3.8, 4) is 11.1 Å². The molecule has 0 saturated carbocycles. The second-order valence-corrected chi connectivity index (χ2v) is 6.27. The molecule has 0 radical (unpaired) electrons. The summed E-state index contributed by atoms with van der Waals surface area (Å²) in [6.07, 6.45) is 0. The highest BCUT2D eigenvalue weighted by molar-refractivity contribution is 5.81. The highest BCUT2D eigenvalue weighted by atomic mass is 16.5. The number of carboxylic acids is 1. The smallest absolute Gasteiger partial charge is 0.313 e. The van der Waals surface area contributed by atoms with Crippen LogP contribution in [0.15, 0.2) is 54.6 Å². The summed E-state index contributed by atoms with van der Waals surface area (Å²) in [4.78, 5) is 11.7. The van der Waals surface area contributed by atoms with E-state index in [0.29, 0.717) is 0 Å². The van der Waals surface area contributed by atoms with Crippen molar-refractivity contribution in [3.05, 3.63) is 60.2 Å². The number of ether oxygens (including phenoxy) is 1. The lowest BCUT2D eigenvalue weighted by atomic mass is 9.91. The summed E-state index contributed by atoms with van der Waals surface area (Å²) in [5, 5.41) is 9.61. The van der Waals surface area contributed by atoms with E-state index >= 15 is 0 Å². The fraction of sp³-hybridized carbons (Fsp3) is 0.316. The Balaban J connectivity index is 2.38. The van der Waals surface area contributed by atoms with Crippen LogP contribution in [0.4, 0.5) is 0 Å². The van der Waals surface area contributed by atoms with Gasteiger partial charge in [-0.15, -0.1) is 0 Å². The molecule has 0 aliphatic carbocycles. The molecule has 0 aromatic heterocycles. The summed E-state index contributed by atoms with van der Waals surface area (Å²) in [5.41, 5.74) is 2.37. The minimum absolute atomic E-state index is 0.155. The van der Waals surface area contributed by atoms with Crippen LogP contribution >= 0.6 is 0 Å². The highest BCUT2D eigenvalue weighted by Crippen LogP contribution is 2.30. The summed E-state index contributed by atoms with van der Waals surface area (Å²) < 4.78 is 5.72. The van der Waals surface area contributed by atoms with Crippen LogP contribution in [0.25, 0.3) is 11.1 Å². The van der Waals surface area contributed by atoms with Gasteiger partial charge in [-0.3, -0.25) is 4.79 Å². The molecule has 0 heterocycles. The van der Waals surface area contributed by atoms with E-state index in [1.807, 2.05) is 75.4 Å². The molecule has 0 saturated heterocycles. The predicted molar refractivity (Wildman–Crippen MR) is 88.0 cm³/mol. The van der Waals surface area contributed by atoms with Crippen LogP contribution in [0.1, 0.15) is 32.3 Å². The van der Waals surface area contributed by atoms with Crippen LogP contribution in [-0.4, -0.2) is 23.3 Å². The number of aliphatic carboxylic acids is 1. The molecule has 2 aromatic rings. The van der Waals surface area contributed by atoms with Crippen molar-refractivity contribution >= 4 is 5.97 Å². The van der Waals surface area contributed by atoms with Gasteiger partial charge in [-0.25, -0.2) is 0 Å². The van der Waals surface area contributed by atoms with Gasteiger partial charge in [0.2, 0.25) is 0 Å². The van der Waals surface area contributed by atoms with Crippen LogP contribution in [0.3, 0.4) is 0 Å². The first kappa shape index (κ1) is 16.2. The van der Waals surface area contributed by atoms with Gasteiger partial charge in [0, 0.05) is 0 Å². The van der Waals surface area contributed by atoms with Gasteiger partial charge in [0.15, 0.2) is 0 Å². The number of carbonyl (C=O) groups is 1. The zero-order chi connectivity index (χ0) is 16.2. The zero-order valence-corrected chi connectivity index (χ0v) is 13.2. The number of hydrogen-bond acceptors (Lipinski definition) is 2. The first-order chi connectivity index (χ1) is 10.4. The first-order valence-corrected chi connectivity index (χ1v) is 7.39. The Morgan fingerprint density at radius 1 is 1.05 bits per heavy atom. The van der Waals surface area contributed by atoms with Crippen molar-refractivity contribution < 1.29 is 14.6 Å². The molecule has 22 heavy (non-hydrogen) atoms. The third kappa shape index (κ3) is 4.18. The molecule has 0 aliphatic rings. The van der Waals surface area contributed by atoms with Crippen LogP contribution in [0.5, 0.6) is 0 Å². The lowest BCUT2D eigenvalue weighted by molar-refractivity contribution is -0.141. The predicted octanol–water partition coefficient (Wildman–Crippen LogP) is 4.34. The van der Waals surface area contributed by atoms with Crippen LogP contribution in [0, 0.1) is 0 Å². The zero-order valence-electron chi connectivity index (χ0n) is 13.2. The third-order valence-electron chi connectivity index (χ3n) is 3.40. The SMILES string of the molecule is CC(C)(C)OCC(C(=O)O)c1ccccc1-c1ccccc1. The van der Waals surface area contributed by atoms with Gasteiger partial charge in [-0.1, -0.05) is 54.6 Å². The average Bonchev–Trinajstić information content (AvgIpc) is 2.47. The van der Waals surface area contributed by atoms with E-state index in [2.05, 4.69) is 0 Å². The molecular weight excluding hydrogens is 276 g/mol. The molecule has 3 heteroatoms. The van der Waals surface area contributed by atoms with E-state index in [1.165, 1.54) is 0 Å². The van der Waals surface area contributed by atoms with E-state index in [0.717, 1.165) is 16.7 Å². The number of rotatable bonds is 5. The second kappa shape index (κ2) is 6.75. The topological polar surface area (TPSA) is 46.5 Å². The van der Waals surface area contributed by atoms with E-state index in [1.54, 1.807) is 0 Å². The largest absolute Gasteiger partial charge is 0.481 e. The van der Waals surface area contributed by atoms with E-state index in [4.69, 9.17) is 4.74 Å². The lowest BCUT2D eigenvalue weighted by Crippen LogP contribution is -2.26. The maximum absolute atomic E-state index is 11.7. The van der Waals surface area contributed by atoms with E-state index < -0.39 is 11.9 Å². The van der Waals surface area contributed by atoms with E-state index in [-0.39, 0.29) is 12.2 Å². The highest BCUT2D eigenvalue weighted by Gasteiger charge is 2.25. The second-order valence-electron chi connectivity index (χ2n) is 6.27. The van der Waals surface area contributed by atoms with Gasteiger partial charge in [0.25, 0.3) is 0 Å². The number of hydrogen-bond donors (Lipinski definition) is 1. The molecule has 1 atom stereocenters. The first-order valence-electron chi connectivity index (χ1n) is 7.39. The van der Waals surface area contributed by atoms with Crippen LogP contribution in [-0.2, 0) is 9.53 Å². The Morgan fingerprint density at radius 3 is 2.23 bits per heavy atom. The molecule has 2 aromatic carbocycles. The van der Waals surface area contributed by atoms with Crippen molar-refractivity contribution in [2.24, 2.45) is 0 Å². The Kier molecular flexibility index (Phi) is 4.99. The molecule has 0 bridgehead atoms. The summed E-state index contributed by atoms with van der Waals surface area (Å²) in [7, 11) is 0. The molecular formula is C19H22O3. The minimum Gasteiger partial charge on any atom is -0.481 e. The van der Waals surface area contributed by atoms with Crippen molar-refractivity contribution in [3.63, 3.8) is 0 Å². The third-order valence-corrected chi connectivity index (χ3v) is 3.40. The Morgan fingerprint density at radius 2 is 1.64 bits per heavy atom. The molecule has 0 fully saturated rings. The van der Waals surface area contributed by atoms with Crippen molar-refractivity contribution in [1.29, 1.82) is 0 Å². The summed E-state index contributed by atoms with van der Waals surface area (Å²) in [6, 6.07) is 17.4.